The molecule has 3 fully saturated rings. The maximum atomic E-state index is 12.8. The predicted molar refractivity (Wildman–Crippen MR) is 127 cm³/mol. The van der Waals surface area contributed by atoms with Gasteiger partial charge in [0, 0.05) is 5.69 Å². The molecule has 2 bridgehead atoms. The standard InChI is InChI=1S/C25H22Cl2N2O6/c26-22-16-10-17(23(22)27)21-20(16)24(32)29(25(21)33)11-19(31)34-12-18(30)28-13-6-8-15(9-7-13)35-14-4-2-1-3-5-14/h1-9,16-17,20-23H,10-12H2,(H,28,30)/t16-,17-,20-,21-,22+,23+/m1/s1. The van der Waals surface area contributed by atoms with Crippen LogP contribution >= 0.6 is 23.2 Å². The Kier molecular flexibility index (Phi) is 6.42. The summed E-state index contributed by atoms with van der Waals surface area (Å²) in [7, 11) is 0. The lowest BCUT2D eigenvalue weighted by molar-refractivity contribution is -0.154. The van der Waals surface area contributed by atoms with Crippen molar-refractivity contribution in [1.29, 1.82) is 0 Å². The summed E-state index contributed by atoms with van der Waals surface area (Å²) in [4.78, 5) is 51.0. The minimum absolute atomic E-state index is 0.165. The number of alkyl halides is 2. The van der Waals surface area contributed by atoms with E-state index in [1.165, 1.54) is 0 Å². The van der Waals surface area contributed by atoms with Gasteiger partial charge in [-0.05, 0) is 54.7 Å². The van der Waals surface area contributed by atoms with Crippen molar-refractivity contribution in [2.24, 2.45) is 23.7 Å². The summed E-state index contributed by atoms with van der Waals surface area (Å²) in [5, 5.41) is 1.88. The number of carbonyl (C=O) groups is 4. The van der Waals surface area contributed by atoms with Crippen LogP contribution in [0.4, 0.5) is 5.69 Å². The highest BCUT2D eigenvalue weighted by molar-refractivity contribution is 6.31. The molecule has 1 heterocycles. The molecule has 1 N–H and O–H groups in total. The zero-order chi connectivity index (χ0) is 24.7. The van der Waals surface area contributed by atoms with Crippen LogP contribution in [0.25, 0.3) is 0 Å². The van der Waals surface area contributed by atoms with Gasteiger partial charge in [-0.15, -0.1) is 23.2 Å². The van der Waals surface area contributed by atoms with Crippen LogP contribution in [0.3, 0.4) is 0 Å². The van der Waals surface area contributed by atoms with Crippen LogP contribution < -0.4 is 10.1 Å². The zero-order valence-electron chi connectivity index (χ0n) is 18.4. The first-order valence-corrected chi connectivity index (χ1v) is 12.1. The SMILES string of the molecule is O=C(COC(=O)CN1C(=O)[C@@H]2[C@H]3C[C@@H]([C@H](Cl)[C@H]3Cl)[C@H]2C1=O)Nc1ccc(Oc2ccccc2)cc1. The van der Waals surface area contributed by atoms with Gasteiger partial charge in [-0.25, -0.2) is 0 Å². The van der Waals surface area contributed by atoms with Gasteiger partial charge in [0.15, 0.2) is 6.61 Å². The van der Waals surface area contributed by atoms with Crippen molar-refractivity contribution in [2.75, 3.05) is 18.5 Å². The number of ether oxygens (including phenoxy) is 2. The number of benzene rings is 2. The molecule has 0 spiro atoms. The average Bonchev–Trinajstić information content (AvgIpc) is 3.46. The number of carbonyl (C=O) groups excluding carboxylic acids is 4. The molecule has 2 aromatic carbocycles. The number of likely N-dealkylation sites (tertiary alicyclic amines) is 1. The van der Waals surface area contributed by atoms with E-state index in [1.807, 2.05) is 30.3 Å². The van der Waals surface area contributed by atoms with Gasteiger partial charge in [-0.2, -0.15) is 0 Å². The first-order chi connectivity index (χ1) is 16.8. The van der Waals surface area contributed by atoms with Crippen LogP contribution in [-0.2, 0) is 23.9 Å². The van der Waals surface area contributed by atoms with Gasteiger partial charge in [0.25, 0.3) is 5.91 Å². The summed E-state index contributed by atoms with van der Waals surface area (Å²) in [6, 6.07) is 16.0. The number of esters is 1. The number of nitrogens with zero attached hydrogens (tertiary/aromatic N) is 1. The number of rotatable bonds is 7. The van der Waals surface area contributed by atoms with Crippen molar-refractivity contribution in [3.05, 3.63) is 54.6 Å². The number of para-hydroxylation sites is 1. The van der Waals surface area contributed by atoms with E-state index in [0.717, 1.165) is 4.90 Å². The molecule has 1 aliphatic heterocycles. The average molecular weight is 517 g/mol. The van der Waals surface area contributed by atoms with Crippen LogP contribution in [0, 0.1) is 23.7 Å². The van der Waals surface area contributed by atoms with E-state index < -0.39 is 48.7 Å². The number of amides is 3. The quantitative estimate of drug-likeness (QED) is 0.343. The maximum absolute atomic E-state index is 12.8. The van der Waals surface area contributed by atoms with Crippen LogP contribution in [0.1, 0.15) is 6.42 Å². The van der Waals surface area contributed by atoms with Gasteiger partial charge < -0.3 is 14.8 Å². The highest BCUT2D eigenvalue weighted by Gasteiger charge is 2.66. The Morgan fingerprint density at radius 1 is 0.886 bits per heavy atom. The molecule has 3 amide bonds. The van der Waals surface area contributed by atoms with Crippen LogP contribution in [-0.4, -0.2) is 52.5 Å². The van der Waals surface area contributed by atoms with Crippen molar-refractivity contribution < 1.29 is 28.7 Å². The molecule has 2 aromatic rings. The number of hydrogen-bond donors (Lipinski definition) is 1. The Balaban J connectivity index is 1.10. The van der Waals surface area contributed by atoms with Crippen molar-refractivity contribution in [1.82, 2.24) is 4.90 Å². The van der Waals surface area contributed by atoms with Crippen molar-refractivity contribution in [3.8, 4) is 11.5 Å². The van der Waals surface area contributed by atoms with Crippen LogP contribution in [0.5, 0.6) is 11.5 Å². The third-order valence-electron chi connectivity index (χ3n) is 6.85. The van der Waals surface area contributed by atoms with E-state index in [-0.39, 0.29) is 22.6 Å². The van der Waals surface area contributed by atoms with Gasteiger partial charge in [0.1, 0.15) is 18.0 Å². The van der Waals surface area contributed by atoms with Crippen LogP contribution in [0.2, 0.25) is 0 Å². The largest absolute Gasteiger partial charge is 0.457 e. The van der Waals surface area contributed by atoms with Gasteiger partial charge in [0.05, 0.1) is 22.6 Å². The molecular weight excluding hydrogens is 495 g/mol. The number of nitrogens with one attached hydrogen (secondary N) is 1. The lowest BCUT2D eigenvalue weighted by Gasteiger charge is -2.28. The Morgan fingerprint density at radius 2 is 1.46 bits per heavy atom. The van der Waals surface area contributed by atoms with Crippen molar-refractivity contribution in [2.45, 2.75) is 17.2 Å². The molecular formula is C25H22Cl2N2O6. The molecule has 10 heteroatoms. The van der Waals surface area contributed by atoms with Gasteiger partial charge >= 0.3 is 5.97 Å². The predicted octanol–water partition coefficient (Wildman–Crippen LogP) is 3.43. The van der Waals surface area contributed by atoms with Crippen molar-refractivity contribution >= 4 is 52.6 Å². The van der Waals surface area contributed by atoms with E-state index in [0.29, 0.717) is 23.6 Å². The number of anilines is 1. The minimum Gasteiger partial charge on any atom is -0.457 e. The first-order valence-electron chi connectivity index (χ1n) is 11.3. The topological polar surface area (TPSA) is 102 Å². The van der Waals surface area contributed by atoms with Gasteiger partial charge in [-0.3, -0.25) is 24.1 Å². The smallest absolute Gasteiger partial charge is 0.326 e. The van der Waals surface area contributed by atoms with E-state index in [1.54, 1.807) is 24.3 Å². The maximum Gasteiger partial charge on any atom is 0.326 e. The van der Waals surface area contributed by atoms with Crippen LogP contribution in [0.15, 0.2) is 54.6 Å². The molecule has 2 saturated carbocycles. The fraction of sp³-hybridized carbons (Fsp3) is 0.360. The molecule has 0 unspecified atom stereocenters. The molecule has 2 aliphatic carbocycles. The molecule has 8 nitrogen and oxygen atoms in total. The summed E-state index contributed by atoms with van der Waals surface area (Å²) in [5.74, 6) is -2.34. The Labute approximate surface area is 211 Å². The third kappa shape index (κ3) is 4.48. The zero-order valence-corrected chi connectivity index (χ0v) is 19.9. The second kappa shape index (κ2) is 9.51. The molecule has 3 aliphatic rings. The second-order valence-electron chi connectivity index (χ2n) is 8.91. The minimum atomic E-state index is -0.842. The number of halogens is 2. The summed E-state index contributed by atoms with van der Waals surface area (Å²) in [6.45, 7) is -1.09. The van der Waals surface area contributed by atoms with E-state index in [9.17, 15) is 19.2 Å². The van der Waals surface area contributed by atoms with E-state index in [4.69, 9.17) is 32.7 Å². The fourth-order valence-electron chi connectivity index (χ4n) is 5.32. The molecule has 6 atom stereocenters. The monoisotopic (exact) mass is 516 g/mol. The molecule has 35 heavy (non-hydrogen) atoms. The third-order valence-corrected chi connectivity index (χ3v) is 8.17. The molecule has 5 rings (SSSR count). The Hall–Kier alpha value is -3.10. The summed E-state index contributed by atoms with van der Waals surface area (Å²) in [5.41, 5.74) is 0.492. The molecule has 0 aromatic heterocycles. The number of fused-ring (bicyclic) bond motifs is 5. The fourth-order valence-corrected chi connectivity index (χ4v) is 6.21. The Bertz CT molecular complexity index is 1130. The van der Waals surface area contributed by atoms with E-state index in [2.05, 4.69) is 5.32 Å². The van der Waals surface area contributed by atoms with Crippen molar-refractivity contribution in [3.63, 3.8) is 0 Å². The second-order valence-corrected chi connectivity index (χ2v) is 9.92. The molecule has 1 saturated heterocycles. The first kappa shape index (κ1) is 23.6. The lowest BCUT2D eigenvalue weighted by Crippen LogP contribution is -2.38. The van der Waals surface area contributed by atoms with E-state index >= 15 is 0 Å². The summed E-state index contributed by atoms with van der Waals surface area (Å²) in [6.07, 6.45) is 0.646. The molecule has 0 radical (unpaired) electrons. The number of imide groups is 1. The lowest BCUT2D eigenvalue weighted by atomic mass is 9.80. The van der Waals surface area contributed by atoms with Gasteiger partial charge in [0.2, 0.25) is 11.8 Å². The highest BCUT2D eigenvalue weighted by Crippen LogP contribution is 2.59. The summed E-state index contributed by atoms with van der Waals surface area (Å²) >= 11 is 12.7. The summed E-state index contributed by atoms with van der Waals surface area (Å²) < 4.78 is 10.7. The normalized spacial score (nSPS) is 28.7. The number of hydrogen-bond acceptors (Lipinski definition) is 6. The highest BCUT2D eigenvalue weighted by atomic mass is 35.5. The molecule has 182 valence electrons. The Morgan fingerprint density at radius 3 is 2.06 bits per heavy atom. The van der Waals surface area contributed by atoms with Gasteiger partial charge in [-0.1, -0.05) is 18.2 Å².